The number of benzene rings is 1. The largest absolute Gasteiger partial charge is 0.478 e. The van der Waals surface area contributed by atoms with Crippen molar-refractivity contribution in [3.63, 3.8) is 0 Å². The highest BCUT2D eigenvalue weighted by Crippen LogP contribution is 2.26. The second-order valence-corrected chi connectivity index (χ2v) is 3.82. The normalized spacial score (nSPS) is 10.2. The van der Waals surface area contributed by atoms with Crippen molar-refractivity contribution < 1.29 is 14.3 Å². The lowest BCUT2D eigenvalue weighted by Gasteiger charge is -2.06. The summed E-state index contributed by atoms with van der Waals surface area (Å²) < 4.78 is 13.2. The summed E-state index contributed by atoms with van der Waals surface area (Å²) >= 11 is 5.72. The first-order chi connectivity index (χ1) is 8.08. The SMILES string of the molecule is O=C(O)c1ccncc1-c1cc(F)cc(Cl)c1. The monoisotopic (exact) mass is 251 g/mol. The smallest absolute Gasteiger partial charge is 0.336 e. The molecule has 0 saturated carbocycles. The van der Waals surface area contributed by atoms with Gasteiger partial charge in [-0.2, -0.15) is 0 Å². The molecule has 0 aliphatic rings. The molecular weight excluding hydrogens is 245 g/mol. The summed E-state index contributed by atoms with van der Waals surface area (Å²) in [6.45, 7) is 0. The van der Waals surface area contributed by atoms with Crippen molar-refractivity contribution in [2.24, 2.45) is 0 Å². The van der Waals surface area contributed by atoms with Crippen LogP contribution in [0.15, 0.2) is 36.7 Å². The van der Waals surface area contributed by atoms with E-state index in [1.165, 1.54) is 30.6 Å². The molecule has 0 spiro atoms. The van der Waals surface area contributed by atoms with Crippen molar-refractivity contribution in [2.45, 2.75) is 0 Å². The third-order valence-electron chi connectivity index (χ3n) is 2.23. The number of carbonyl (C=O) groups is 1. The topological polar surface area (TPSA) is 50.2 Å². The van der Waals surface area contributed by atoms with E-state index >= 15 is 0 Å². The number of halogens is 2. The molecule has 0 atom stereocenters. The molecular formula is C12H7ClFNO2. The van der Waals surface area contributed by atoms with E-state index in [0.717, 1.165) is 6.07 Å². The highest BCUT2D eigenvalue weighted by molar-refractivity contribution is 6.30. The first-order valence-electron chi connectivity index (χ1n) is 4.71. The molecule has 2 aromatic rings. The molecule has 0 radical (unpaired) electrons. The minimum Gasteiger partial charge on any atom is -0.478 e. The first kappa shape index (κ1) is 11.5. The van der Waals surface area contributed by atoms with Gasteiger partial charge < -0.3 is 5.11 Å². The van der Waals surface area contributed by atoms with Gasteiger partial charge in [-0.1, -0.05) is 11.6 Å². The Morgan fingerprint density at radius 3 is 2.76 bits per heavy atom. The van der Waals surface area contributed by atoms with Crippen LogP contribution in [0.1, 0.15) is 10.4 Å². The van der Waals surface area contributed by atoms with E-state index in [4.69, 9.17) is 16.7 Å². The Balaban J connectivity index is 2.64. The summed E-state index contributed by atoms with van der Waals surface area (Å²) in [4.78, 5) is 14.8. The Morgan fingerprint density at radius 2 is 2.12 bits per heavy atom. The average molecular weight is 252 g/mol. The van der Waals surface area contributed by atoms with E-state index in [-0.39, 0.29) is 10.6 Å². The molecule has 1 N–H and O–H groups in total. The second kappa shape index (κ2) is 4.51. The molecule has 0 fully saturated rings. The third kappa shape index (κ3) is 2.42. The molecule has 0 bridgehead atoms. The lowest BCUT2D eigenvalue weighted by molar-refractivity contribution is 0.0697. The van der Waals surface area contributed by atoms with Crippen LogP contribution in [-0.4, -0.2) is 16.1 Å². The fraction of sp³-hybridized carbons (Fsp3) is 0. The van der Waals surface area contributed by atoms with Crippen LogP contribution in [0.2, 0.25) is 5.02 Å². The lowest BCUT2D eigenvalue weighted by Crippen LogP contribution is -2.00. The van der Waals surface area contributed by atoms with Gasteiger partial charge in [0.15, 0.2) is 0 Å². The fourth-order valence-corrected chi connectivity index (χ4v) is 1.74. The summed E-state index contributed by atoms with van der Waals surface area (Å²) in [7, 11) is 0. The number of aromatic carboxylic acids is 1. The number of aromatic nitrogens is 1. The van der Waals surface area contributed by atoms with Crippen LogP contribution in [0.25, 0.3) is 11.1 Å². The number of carboxylic acids is 1. The number of hydrogen-bond donors (Lipinski definition) is 1. The minimum absolute atomic E-state index is 0.0571. The Labute approximate surface area is 101 Å². The Hall–Kier alpha value is -1.94. The standard InChI is InChI=1S/C12H7ClFNO2/c13-8-3-7(4-9(14)5-8)11-6-15-2-1-10(11)12(16)17/h1-6H,(H,16,17). The van der Waals surface area contributed by atoms with Gasteiger partial charge in [-0.05, 0) is 29.8 Å². The molecule has 0 aliphatic carbocycles. The fourth-order valence-electron chi connectivity index (χ4n) is 1.52. The van der Waals surface area contributed by atoms with Crippen LogP contribution in [0.5, 0.6) is 0 Å². The van der Waals surface area contributed by atoms with Crippen LogP contribution in [-0.2, 0) is 0 Å². The molecule has 0 unspecified atom stereocenters. The van der Waals surface area contributed by atoms with Gasteiger partial charge in [-0.25, -0.2) is 9.18 Å². The molecule has 0 amide bonds. The predicted molar refractivity (Wildman–Crippen MR) is 61.6 cm³/mol. The van der Waals surface area contributed by atoms with E-state index in [1.807, 2.05) is 0 Å². The van der Waals surface area contributed by atoms with E-state index in [1.54, 1.807) is 0 Å². The van der Waals surface area contributed by atoms with Gasteiger partial charge in [0.05, 0.1) is 5.56 Å². The Kier molecular flexibility index (Phi) is 3.06. The molecule has 17 heavy (non-hydrogen) atoms. The lowest BCUT2D eigenvalue weighted by atomic mass is 10.0. The highest BCUT2D eigenvalue weighted by Gasteiger charge is 2.12. The van der Waals surface area contributed by atoms with Crippen LogP contribution < -0.4 is 0 Å². The van der Waals surface area contributed by atoms with Crippen molar-refractivity contribution in [1.29, 1.82) is 0 Å². The van der Waals surface area contributed by atoms with Crippen molar-refractivity contribution in [3.8, 4) is 11.1 Å². The van der Waals surface area contributed by atoms with Crippen molar-refractivity contribution in [1.82, 2.24) is 4.98 Å². The Bertz CT molecular complexity index is 566. The summed E-state index contributed by atoms with van der Waals surface area (Å²) in [5.41, 5.74) is 0.781. The first-order valence-corrected chi connectivity index (χ1v) is 5.09. The van der Waals surface area contributed by atoms with Crippen molar-refractivity contribution >= 4 is 17.6 Å². The van der Waals surface area contributed by atoms with Gasteiger partial charge >= 0.3 is 5.97 Å². The molecule has 3 nitrogen and oxygen atoms in total. The quantitative estimate of drug-likeness (QED) is 0.891. The maximum absolute atomic E-state index is 13.2. The van der Waals surface area contributed by atoms with Crippen LogP contribution in [0, 0.1) is 5.82 Å². The molecule has 2 rings (SSSR count). The number of nitrogens with zero attached hydrogens (tertiary/aromatic N) is 1. The number of pyridine rings is 1. The van der Waals surface area contributed by atoms with Crippen molar-refractivity contribution in [3.05, 3.63) is 53.1 Å². The molecule has 0 aliphatic heterocycles. The van der Waals surface area contributed by atoms with Crippen LogP contribution in [0.3, 0.4) is 0 Å². The molecule has 1 aromatic carbocycles. The second-order valence-electron chi connectivity index (χ2n) is 3.38. The highest BCUT2D eigenvalue weighted by atomic mass is 35.5. The molecule has 0 saturated heterocycles. The van der Waals surface area contributed by atoms with E-state index in [0.29, 0.717) is 11.1 Å². The zero-order chi connectivity index (χ0) is 12.4. The van der Waals surface area contributed by atoms with E-state index in [2.05, 4.69) is 4.98 Å². The maximum Gasteiger partial charge on any atom is 0.336 e. The van der Waals surface area contributed by atoms with Gasteiger partial charge in [-0.3, -0.25) is 4.98 Å². The van der Waals surface area contributed by atoms with Crippen LogP contribution >= 0.6 is 11.6 Å². The maximum atomic E-state index is 13.2. The Morgan fingerprint density at radius 1 is 1.35 bits per heavy atom. The van der Waals surface area contributed by atoms with E-state index < -0.39 is 11.8 Å². The zero-order valence-electron chi connectivity index (χ0n) is 8.52. The van der Waals surface area contributed by atoms with E-state index in [9.17, 15) is 9.18 Å². The van der Waals surface area contributed by atoms with Gasteiger partial charge in [0.2, 0.25) is 0 Å². The third-order valence-corrected chi connectivity index (χ3v) is 2.44. The van der Waals surface area contributed by atoms with Gasteiger partial charge in [0.1, 0.15) is 5.82 Å². The van der Waals surface area contributed by atoms with Gasteiger partial charge in [0.25, 0.3) is 0 Å². The molecule has 1 aromatic heterocycles. The molecule has 1 heterocycles. The summed E-state index contributed by atoms with van der Waals surface area (Å²) in [6, 6.07) is 5.22. The zero-order valence-corrected chi connectivity index (χ0v) is 9.28. The molecule has 5 heteroatoms. The molecule has 86 valence electrons. The summed E-state index contributed by atoms with van der Waals surface area (Å²) in [5, 5.41) is 9.22. The predicted octanol–water partition coefficient (Wildman–Crippen LogP) is 3.24. The van der Waals surface area contributed by atoms with Gasteiger partial charge in [-0.15, -0.1) is 0 Å². The average Bonchev–Trinajstić information content (AvgIpc) is 2.27. The number of carboxylic acid groups (broad SMARTS) is 1. The van der Waals surface area contributed by atoms with Gasteiger partial charge in [0, 0.05) is 23.0 Å². The number of rotatable bonds is 2. The summed E-state index contributed by atoms with van der Waals surface area (Å²) in [6.07, 6.45) is 2.74. The summed E-state index contributed by atoms with van der Waals surface area (Å²) in [5.74, 6) is -1.62. The van der Waals surface area contributed by atoms with Crippen LogP contribution in [0.4, 0.5) is 4.39 Å². The minimum atomic E-state index is -1.09. The number of hydrogen-bond acceptors (Lipinski definition) is 2. The van der Waals surface area contributed by atoms with Crippen molar-refractivity contribution in [2.75, 3.05) is 0 Å².